The predicted octanol–water partition coefficient (Wildman–Crippen LogP) is 8.75. The van der Waals surface area contributed by atoms with Crippen molar-refractivity contribution < 1.29 is 19.2 Å². The molecule has 0 saturated carbocycles. The molecule has 2 aromatic heterocycles. The highest BCUT2D eigenvalue weighted by atomic mass is 35.5. The average Bonchev–Trinajstić information content (AvgIpc) is 3.91. The van der Waals surface area contributed by atoms with Crippen LogP contribution in [0.5, 0.6) is 0 Å². The van der Waals surface area contributed by atoms with Gasteiger partial charge in [0.1, 0.15) is 33.8 Å². The van der Waals surface area contributed by atoms with E-state index in [2.05, 4.69) is 20.6 Å². The van der Waals surface area contributed by atoms with Crippen LogP contribution in [0.15, 0.2) is 109 Å². The van der Waals surface area contributed by atoms with Gasteiger partial charge in [0.05, 0.1) is 0 Å². The molecular formula is C44H36Cl2N6O4. The number of amides is 4. The van der Waals surface area contributed by atoms with Gasteiger partial charge in [0.2, 0.25) is 11.8 Å². The summed E-state index contributed by atoms with van der Waals surface area (Å²) in [5.41, 5.74) is 3.58. The molecular weight excluding hydrogens is 747 g/mol. The number of hydrogen-bond acceptors (Lipinski definition) is 6. The van der Waals surface area contributed by atoms with Gasteiger partial charge in [-0.3, -0.25) is 19.2 Å². The molecule has 0 bridgehead atoms. The molecule has 0 aliphatic carbocycles. The first-order valence-electron chi connectivity index (χ1n) is 18.4. The van der Waals surface area contributed by atoms with Gasteiger partial charge in [-0.05, 0) is 84.0 Å². The van der Waals surface area contributed by atoms with E-state index in [1.54, 1.807) is 21.9 Å². The Balaban J connectivity index is 0.865. The second-order valence-electron chi connectivity index (χ2n) is 13.9. The number of rotatable bonds is 8. The van der Waals surface area contributed by atoms with Crippen molar-refractivity contribution in [1.29, 1.82) is 0 Å². The summed E-state index contributed by atoms with van der Waals surface area (Å²) in [5, 5.41) is 9.42. The van der Waals surface area contributed by atoms with Crippen molar-refractivity contribution in [1.82, 2.24) is 19.8 Å². The summed E-state index contributed by atoms with van der Waals surface area (Å²) in [4.78, 5) is 65.9. The van der Waals surface area contributed by atoms with Crippen molar-refractivity contribution in [3.05, 3.63) is 142 Å². The molecule has 2 atom stereocenters. The van der Waals surface area contributed by atoms with Crippen LogP contribution >= 0.6 is 23.2 Å². The third kappa shape index (κ3) is 7.71. The molecule has 4 aromatic carbocycles. The molecule has 0 spiro atoms. The van der Waals surface area contributed by atoms with Crippen LogP contribution in [0.4, 0.5) is 11.4 Å². The minimum atomic E-state index is -0.624. The molecule has 280 valence electrons. The maximum atomic E-state index is 13.6. The maximum absolute atomic E-state index is 13.6. The van der Waals surface area contributed by atoms with E-state index in [4.69, 9.17) is 23.2 Å². The molecule has 56 heavy (non-hydrogen) atoms. The normalized spacial score (nSPS) is 16.8. The Bertz CT molecular complexity index is 2350. The van der Waals surface area contributed by atoms with Crippen LogP contribution in [0.25, 0.3) is 33.7 Å². The van der Waals surface area contributed by atoms with Gasteiger partial charge in [-0.2, -0.15) is 0 Å². The van der Waals surface area contributed by atoms with Gasteiger partial charge in [0, 0.05) is 35.2 Å². The number of benzene rings is 4. The fourth-order valence-electron chi connectivity index (χ4n) is 7.49. The number of nitrogens with one attached hydrogen (secondary N) is 2. The van der Waals surface area contributed by atoms with E-state index in [-0.39, 0.29) is 45.3 Å². The number of nitrogens with zero attached hydrogens (tertiary/aromatic N) is 4. The Kier molecular flexibility index (Phi) is 10.5. The Hall–Kier alpha value is -6.10. The van der Waals surface area contributed by atoms with Crippen molar-refractivity contribution in [2.45, 2.75) is 37.8 Å². The number of fused-ring (bicyclic) bond motifs is 2. The van der Waals surface area contributed by atoms with E-state index >= 15 is 0 Å². The van der Waals surface area contributed by atoms with E-state index in [9.17, 15) is 19.2 Å². The average molecular weight is 784 g/mol. The summed E-state index contributed by atoms with van der Waals surface area (Å²) in [5.74, 6) is -1.13. The fraction of sp³-hybridized carbons (Fsp3) is 0.182. The fourth-order valence-corrected chi connectivity index (χ4v) is 7.90. The van der Waals surface area contributed by atoms with E-state index < -0.39 is 12.1 Å². The number of likely N-dealkylation sites (tertiary alicyclic amines) is 2. The number of carbonyl (C=O) groups excluding carboxylic acids is 4. The second kappa shape index (κ2) is 15.9. The van der Waals surface area contributed by atoms with Gasteiger partial charge >= 0.3 is 0 Å². The highest BCUT2D eigenvalue weighted by Crippen LogP contribution is 2.29. The lowest BCUT2D eigenvalue weighted by Crippen LogP contribution is -2.43. The van der Waals surface area contributed by atoms with Crippen molar-refractivity contribution in [3.63, 3.8) is 0 Å². The lowest BCUT2D eigenvalue weighted by Gasteiger charge is -2.24. The first-order valence-corrected chi connectivity index (χ1v) is 19.2. The summed E-state index contributed by atoms with van der Waals surface area (Å²) in [7, 11) is 0. The van der Waals surface area contributed by atoms with Crippen molar-refractivity contribution >= 4 is 91.9 Å². The van der Waals surface area contributed by atoms with Gasteiger partial charge in [0.15, 0.2) is 0 Å². The Morgan fingerprint density at radius 1 is 0.571 bits per heavy atom. The standard InChI is InChI=1S/C44H36Cl2N6O4/c45-37-25-29-7-1-3-9-33(29)39(49-37)43(55)51-23-5-11-35(51)41(53)47-31-19-15-27(16-20-31)13-14-28-17-21-32(22-18-28)48-42(54)36-12-6-24-52(36)44(56)40-34-10-4-2-8-30(34)26-38(46)50-40/h1-4,7-10,13-22,25-26,35-36H,5-6,11-12,23-24H2,(H,47,53)(H,48,54)/b14-13+/t35-,36-/m0/s1. The quantitative estimate of drug-likeness (QED) is 0.118. The zero-order chi connectivity index (χ0) is 38.8. The smallest absolute Gasteiger partial charge is 0.273 e. The van der Waals surface area contributed by atoms with E-state index in [0.29, 0.717) is 60.9 Å². The van der Waals surface area contributed by atoms with Gasteiger partial charge in [-0.1, -0.05) is 108 Å². The Labute approximate surface area is 333 Å². The zero-order valence-electron chi connectivity index (χ0n) is 30.1. The molecule has 4 amide bonds. The van der Waals surface area contributed by atoms with E-state index in [1.165, 1.54) is 0 Å². The van der Waals surface area contributed by atoms with Gasteiger partial charge < -0.3 is 20.4 Å². The third-order valence-electron chi connectivity index (χ3n) is 10.3. The van der Waals surface area contributed by atoms with Gasteiger partial charge in [-0.25, -0.2) is 9.97 Å². The van der Waals surface area contributed by atoms with Crippen LogP contribution < -0.4 is 10.6 Å². The van der Waals surface area contributed by atoms with Crippen LogP contribution in [0.2, 0.25) is 10.3 Å². The first kappa shape index (κ1) is 36.9. The lowest BCUT2D eigenvalue weighted by molar-refractivity contribution is -0.120. The van der Waals surface area contributed by atoms with Crippen molar-refractivity contribution in [3.8, 4) is 0 Å². The van der Waals surface area contributed by atoms with Crippen molar-refractivity contribution in [2.75, 3.05) is 23.7 Å². The molecule has 2 fully saturated rings. The van der Waals surface area contributed by atoms with Gasteiger partial charge in [0.25, 0.3) is 11.8 Å². The van der Waals surface area contributed by atoms with E-state index in [0.717, 1.165) is 21.9 Å². The second-order valence-corrected chi connectivity index (χ2v) is 14.7. The third-order valence-corrected chi connectivity index (χ3v) is 10.7. The topological polar surface area (TPSA) is 125 Å². The molecule has 0 unspecified atom stereocenters. The molecule has 6 aromatic rings. The predicted molar refractivity (Wildman–Crippen MR) is 221 cm³/mol. The van der Waals surface area contributed by atoms with Crippen LogP contribution in [0, 0.1) is 0 Å². The van der Waals surface area contributed by atoms with Gasteiger partial charge in [-0.15, -0.1) is 0 Å². The Morgan fingerprint density at radius 2 is 0.964 bits per heavy atom. The van der Waals surface area contributed by atoms with Crippen LogP contribution in [0.3, 0.4) is 0 Å². The highest BCUT2D eigenvalue weighted by molar-refractivity contribution is 6.31. The Morgan fingerprint density at radius 3 is 1.38 bits per heavy atom. The molecule has 2 saturated heterocycles. The number of carbonyl (C=O) groups is 4. The molecule has 4 heterocycles. The molecule has 10 nitrogen and oxygen atoms in total. The number of pyridine rings is 2. The summed E-state index contributed by atoms with van der Waals surface area (Å²) in [6, 6.07) is 32.0. The molecule has 12 heteroatoms. The van der Waals surface area contributed by atoms with Crippen LogP contribution in [-0.4, -0.2) is 68.6 Å². The molecule has 2 aliphatic rings. The molecule has 2 aliphatic heterocycles. The number of anilines is 2. The molecule has 8 rings (SSSR count). The lowest BCUT2D eigenvalue weighted by atomic mass is 10.1. The van der Waals surface area contributed by atoms with Crippen LogP contribution in [-0.2, 0) is 9.59 Å². The first-order chi connectivity index (χ1) is 27.2. The summed E-state index contributed by atoms with van der Waals surface area (Å²) in [6.07, 6.45) is 6.43. The molecule has 2 N–H and O–H groups in total. The minimum absolute atomic E-state index is 0.229. The van der Waals surface area contributed by atoms with Crippen molar-refractivity contribution in [2.24, 2.45) is 0 Å². The largest absolute Gasteiger partial charge is 0.325 e. The number of halogens is 2. The van der Waals surface area contributed by atoms with Crippen LogP contribution in [0.1, 0.15) is 57.8 Å². The van der Waals surface area contributed by atoms with E-state index in [1.807, 2.05) is 109 Å². The highest BCUT2D eigenvalue weighted by Gasteiger charge is 2.37. The zero-order valence-corrected chi connectivity index (χ0v) is 31.6. The monoisotopic (exact) mass is 782 g/mol. The SMILES string of the molecule is O=C(Nc1ccc(/C=C/c2ccc(NC(=O)[C@@H]3CCCN3C(=O)c3nc(Cl)cc4ccccc34)cc2)cc1)[C@@H]1CCCN1C(=O)c1nc(Cl)cc2ccccc12. The maximum Gasteiger partial charge on any atom is 0.273 e. The minimum Gasteiger partial charge on any atom is -0.325 e. The summed E-state index contributed by atoms with van der Waals surface area (Å²) >= 11 is 12.5. The molecule has 0 radical (unpaired) electrons. The number of aromatic nitrogens is 2. The summed E-state index contributed by atoms with van der Waals surface area (Å²) in [6.45, 7) is 0.911. The summed E-state index contributed by atoms with van der Waals surface area (Å²) < 4.78 is 0. The number of hydrogen-bond donors (Lipinski definition) is 2.